The molecule has 0 atom stereocenters. The van der Waals surface area contributed by atoms with Crippen molar-refractivity contribution in [3.05, 3.63) is 65.5 Å². The first-order valence-electron chi connectivity index (χ1n) is 12.9. The van der Waals surface area contributed by atoms with Gasteiger partial charge in [-0.25, -0.2) is 4.98 Å². The summed E-state index contributed by atoms with van der Waals surface area (Å²) in [6, 6.07) is 14.2. The molecule has 1 N–H and O–H groups in total. The molecule has 4 aromatic rings. The van der Waals surface area contributed by atoms with E-state index in [9.17, 15) is 4.57 Å². The zero-order valence-electron chi connectivity index (χ0n) is 23.4. The molecule has 2 heterocycles. The van der Waals surface area contributed by atoms with Crippen LogP contribution in [0.3, 0.4) is 0 Å². The highest BCUT2D eigenvalue weighted by Gasteiger charge is 2.21. The Morgan fingerprint density at radius 3 is 2.29 bits per heavy atom. The van der Waals surface area contributed by atoms with Crippen LogP contribution in [0.25, 0.3) is 23.4 Å². The Kier molecular flexibility index (Phi) is 8.34. The van der Waals surface area contributed by atoms with Gasteiger partial charge in [0, 0.05) is 36.8 Å². The van der Waals surface area contributed by atoms with Gasteiger partial charge in [-0.3, -0.25) is 4.57 Å². The highest BCUT2D eigenvalue weighted by Crippen LogP contribution is 2.36. The Labute approximate surface area is 225 Å². The largest absolute Gasteiger partial charge is 0.354 e. The fourth-order valence-corrected chi connectivity index (χ4v) is 5.20. The maximum atomic E-state index is 12.6. The predicted octanol–water partition coefficient (Wildman–Crippen LogP) is 5.45. The first-order chi connectivity index (χ1) is 18.1. The molecule has 0 radical (unpaired) electrons. The van der Waals surface area contributed by atoms with Crippen molar-refractivity contribution in [3.63, 3.8) is 0 Å². The molecule has 9 heteroatoms. The minimum atomic E-state index is -2.35. The summed E-state index contributed by atoms with van der Waals surface area (Å²) in [5.41, 5.74) is 6.04. The van der Waals surface area contributed by atoms with Gasteiger partial charge in [0.05, 0.1) is 0 Å². The second-order valence-corrected chi connectivity index (χ2v) is 13.4. The number of benzene rings is 2. The Bertz CT molecular complexity index is 1460. The van der Waals surface area contributed by atoms with E-state index in [0.29, 0.717) is 19.0 Å². The molecule has 0 spiro atoms. The number of fused-ring (bicyclic) bond motifs is 1. The molecule has 38 heavy (non-hydrogen) atoms. The van der Waals surface area contributed by atoms with Crippen molar-refractivity contribution in [1.82, 2.24) is 24.4 Å². The van der Waals surface area contributed by atoms with Gasteiger partial charge in [-0.2, -0.15) is 9.97 Å². The first-order valence-corrected chi connectivity index (χ1v) is 15.5. The fraction of sp³-hybridized carbons (Fsp3) is 0.345. The number of hydrogen-bond acceptors (Lipinski definition) is 7. The van der Waals surface area contributed by atoms with Gasteiger partial charge in [-0.05, 0) is 95.2 Å². The lowest BCUT2D eigenvalue weighted by Gasteiger charge is -2.26. The number of imidazole rings is 1. The van der Waals surface area contributed by atoms with E-state index >= 15 is 0 Å². The fourth-order valence-electron chi connectivity index (χ4n) is 4.33. The van der Waals surface area contributed by atoms with Crippen molar-refractivity contribution >= 4 is 53.3 Å². The van der Waals surface area contributed by atoms with Gasteiger partial charge in [0.2, 0.25) is 5.95 Å². The third-order valence-electron chi connectivity index (χ3n) is 6.49. The van der Waals surface area contributed by atoms with Crippen LogP contribution >= 0.6 is 7.14 Å². The molecule has 2 aromatic heterocycles. The van der Waals surface area contributed by atoms with Crippen LogP contribution in [0.15, 0.2) is 48.8 Å². The number of nitrogens with one attached hydrogen (secondary N) is 1. The van der Waals surface area contributed by atoms with Gasteiger partial charge in [-0.15, -0.1) is 0 Å². The summed E-state index contributed by atoms with van der Waals surface area (Å²) < 4.78 is 14.6. The van der Waals surface area contributed by atoms with E-state index in [0.717, 1.165) is 34.5 Å². The summed E-state index contributed by atoms with van der Waals surface area (Å²) in [5, 5.41) is 4.15. The molecule has 0 fully saturated rings. The van der Waals surface area contributed by atoms with Crippen LogP contribution in [0, 0.1) is 13.8 Å². The number of hydrogen-bond donors (Lipinski definition) is 1. The van der Waals surface area contributed by atoms with E-state index in [1.807, 2.05) is 42.0 Å². The van der Waals surface area contributed by atoms with Crippen molar-refractivity contribution < 1.29 is 4.57 Å². The van der Waals surface area contributed by atoms with Crippen LogP contribution in [0.2, 0.25) is 0 Å². The molecule has 0 amide bonds. The SMILES string of the molecule is CCNc1nc(N(CCN(C)C)c2ccc(P(C)(C)=O)cc2)c2ncn(/C=C/c3c(C)cccc3C)c2n1. The average molecular weight is 532 g/mol. The van der Waals surface area contributed by atoms with E-state index < -0.39 is 7.14 Å². The van der Waals surface area contributed by atoms with Gasteiger partial charge >= 0.3 is 0 Å². The van der Waals surface area contributed by atoms with E-state index in [2.05, 4.69) is 67.3 Å². The van der Waals surface area contributed by atoms with E-state index in [4.69, 9.17) is 15.0 Å². The summed E-state index contributed by atoms with van der Waals surface area (Å²) in [4.78, 5) is 18.8. The molecule has 8 nitrogen and oxygen atoms in total. The summed E-state index contributed by atoms with van der Waals surface area (Å²) in [6.07, 6.45) is 5.91. The normalized spacial score (nSPS) is 12.1. The molecule has 0 saturated heterocycles. The van der Waals surface area contributed by atoms with Crippen molar-refractivity contribution in [2.75, 3.05) is 57.3 Å². The quantitative estimate of drug-likeness (QED) is 0.273. The van der Waals surface area contributed by atoms with E-state index in [1.54, 1.807) is 19.7 Å². The van der Waals surface area contributed by atoms with Crippen LogP contribution in [0.1, 0.15) is 23.6 Å². The standard InChI is InChI=1S/C29H38N7OP/c1-8-30-29-32-27-26(31-20-35(27)17-16-25-21(2)10-9-11-22(25)3)28(33-29)36(19-18-34(4)5)23-12-14-24(15-13-23)38(6,7)37/h9-17,20H,8,18-19H2,1-7H3,(H,30,32,33)/b17-16+. The average Bonchev–Trinajstić information content (AvgIpc) is 3.26. The molecule has 2 aromatic carbocycles. The summed E-state index contributed by atoms with van der Waals surface area (Å²) >= 11 is 0. The lowest BCUT2D eigenvalue weighted by Crippen LogP contribution is -2.29. The maximum Gasteiger partial charge on any atom is 0.226 e. The van der Waals surface area contributed by atoms with Gasteiger partial charge < -0.3 is 19.7 Å². The van der Waals surface area contributed by atoms with Crippen LogP contribution in [0.4, 0.5) is 17.5 Å². The number of rotatable bonds is 10. The van der Waals surface area contributed by atoms with Crippen LogP contribution in [-0.4, -0.2) is 71.5 Å². The Morgan fingerprint density at radius 2 is 1.68 bits per heavy atom. The number of likely N-dealkylation sites (N-methyl/N-ethyl adjacent to an activating group) is 1. The van der Waals surface area contributed by atoms with Gasteiger partial charge in [0.15, 0.2) is 17.0 Å². The zero-order valence-corrected chi connectivity index (χ0v) is 24.3. The minimum Gasteiger partial charge on any atom is -0.354 e. The molecule has 200 valence electrons. The smallest absolute Gasteiger partial charge is 0.226 e. The topological polar surface area (TPSA) is 79.2 Å². The van der Waals surface area contributed by atoms with Gasteiger partial charge in [0.25, 0.3) is 0 Å². The monoisotopic (exact) mass is 531 g/mol. The van der Waals surface area contributed by atoms with Crippen LogP contribution in [0.5, 0.6) is 0 Å². The summed E-state index contributed by atoms with van der Waals surface area (Å²) in [7, 11) is 1.76. The molecule has 0 aliphatic heterocycles. The minimum absolute atomic E-state index is 0.551. The lowest BCUT2D eigenvalue weighted by atomic mass is 10.0. The van der Waals surface area contributed by atoms with Crippen molar-refractivity contribution in [2.24, 2.45) is 0 Å². The third kappa shape index (κ3) is 6.14. The summed E-state index contributed by atoms with van der Waals surface area (Å²) in [5.74, 6) is 1.28. The molecule has 0 aliphatic carbocycles. The van der Waals surface area contributed by atoms with E-state index in [-0.39, 0.29) is 0 Å². The zero-order chi connectivity index (χ0) is 27.4. The van der Waals surface area contributed by atoms with Gasteiger partial charge in [-0.1, -0.05) is 18.2 Å². The molecular weight excluding hydrogens is 493 g/mol. The highest BCUT2D eigenvalue weighted by atomic mass is 31.2. The first kappa shape index (κ1) is 27.6. The van der Waals surface area contributed by atoms with Crippen molar-refractivity contribution in [1.29, 1.82) is 0 Å². The molecule has 4 rings (SSSR count). The second-order valence-electron chi connectivity index (χ2n) is 10.2. The van der Waals surface area contributed by atoms with Crippen molar-refractivity contribution in [3.8, 4) is 0 Å². The maximum absolute atomic E-state index is 12.6. The van der Waals surface area contributed by atoms with E-state index in [1.165, 1.54) is 16.7 Å². The number of anilines is 3. The molecule has 0 aliphatic rings. The molecule has 0 unspecified atom stereocenters. The molecule has 0 saturated carbocycles. The second kappa shape index (κ2) is 11.5. The number of nitrogens with zero attached hydrogens (tertiary/aromatic N) is 6. The summed E-state index contributed by atoms with van der Waals surface area (Å²) in [6.45, 7) is 12.1. The number of aryl methyl sites for hydroxylation is 2. The molecule has 0 bridgehead atoms. The predicted molar refractivity (Wildman–Crippen MR) is 162 cm³/mol. The Balaban J connectivity index is 1.84. The third-order valence-corrected chi connectivity index (χ3v) is 8.03. The lowest BCUT2D eigenvalue weighted by molar-refractivity contribution is 0.418. The highest BCUT2D eigenvalue weighted by molar-refractivity contribution is 7.70. The van der Waals surface area contributed by atoms with Crippen molar-refractivity contribution in [2.45, 2.75) is 20.8 Å². The van der Waals surface area contributed by atoms with Crippen LogP contribution < -0.4 is 15.5 Å². The van der Waals surface area contributed by atoms with Crippen LogP contribution in [-0.2, 0) is 4.57 Å². The Hall–Kier alpha value is -3.48. The Morgan fingerprint density at radius 1 is 1.00 bits per heavy atom. The number of aromatic nitrogens is 4. The van der Waals surface area contributed by atoms with Gasteiger partial charge in [0.1, 0.15) is 13.5 Å². The molecular formula is C29H38N7OP.